The molecule has 108 valence electrons. The van der Waals surface area contributed by atoms with Gasteiger partial charge in [-0.25, -0.2) is 17.9 Å². The molecule has 6 nitrogen and oxygen atoms in total. The number of carboxylic acids is 1. The summed E-state index contributed by atoms with van der Waals surface area (Å²) in [5.74, 6) is -1.24. The minimum atomic E-state index is -3.79. The van der Waals surface area contributed by atoms with E-state index < -0.39 is 16.0 Å². The third kappa shape index (κ3) is 4.90. The van der Waals surface area contributed by atoms with Gasteiger partial charge in [0.15, 0.2) is 0 Å². The minimum Gasteiger partial charge on any atom is -0.477 e. The summed E-state index contributed by atoms with van der Waals surface area (Å²) in [5, 5.41) is 10.3. The molecular formula is C11H17NO5S2. The quantitative estimate of drug-likeness (QED) is 0.675. The fourth-order valence-corrected chi connectivity index (χ4v) is 3.61. The zero-order chi connectivity index (χ0) is 14.3. The highest BCUT2D eigenvalue weighted by molar-refractivity contribution is 7.89. The van der Waals surface area contributed by atoms with Gasteiger partial charge < -0.3 is 9.84 Å². The zero-order valence-electron chi connectivity index (χ0n) is 10.6. The van der Waals surface area contributed by atoms with Crippen molar-refractivity contribution in [1.29, 1.82) is 0 Å². The molecule has 0 bridgehead atoms. The Labute approximate surface area is 116 Å². The lowest BCUT2D eigenvalue weighted by atomic mass is 10.4. The van der Waals surface area contributed by atoms with E-state index in [-0.39, 0.29) is 22.9 Å². The normalized spacial score (nSPS) is 11.6. The van der Waals surface area contributed by atoms with Crippen molar-refractivity contribution < 1.29 is 23.1 Å². The third-order valence-corrected chi connectivity index (χ3v) is 4.83. The monoisotopic (exact) mass is 307 g/mol. The number of carbonyl (C=O) groups is 1. The number of hydrogen-bond acceptors (Lipinski definition) is 5. The molecule has 0 aliphatic heterocycles. The molecule has 0 amide bonds. The predicted molar refractivity (Wildman–Crippen MR) is 72.2 cm³/mol. The molecule has 0 unspecified atom stereocenters. The van der Waals surface area contributed by atoms with Crippen molar-refractivity contribution in [3.63, 3.8) is 0 Å². The fourth-order valence-electron chi connectivity index (χ4n) is 1.34. The highest BCUT2D eigenvalue weighted by Gasteiger charge is 2.23. The molecule has 0 radical (unpaired) electrons. The molecule has 1 aromatic rings. The van der Waals surface area contributed by atoms with Crippen LogP contribution < -0.4 is 4.72 Å². The van der Waals surface area contributed by atoms with Gasteiger partial charge in [-0.15, -0.1) is 11.3 Å². The Kier molecular flexibility index (Phi) is 6.43. The summed E-state index contributed by atoms with van der Waals surface area (Å²) in [5.41, 5.74) is 0. The first-order chi connectivity index (χ1) is 8.99. The summed E-state index contributed by atoms with van der Waals surface area (Å²) < 4.78 is 31.3. The van der Waals surface area contributed by atoms with E-state index in [1.54, 1.807) is 0 Å². The maximum absolute atomic E-state index is 11.9. The molecule has 19 heavy (non-hydrogen) atoms. The molecule has 0 aliphatic rings. The standard InChI is InChI=1S/C11H17NO5S2/c1-2-3-6-17-7-5-12-19(15,16)9-4-8-18-10(9)11(13)14/h4,8,12H,2-3,5-7H2,1H3,(H,13,14). The van der Waals surface area contributed by atoms with Gasteiger partial charge in [0.2, 0.25) is 10.0 Å². The molecule has 1 heterocycles. The molecular weight excluding hydrogens is 290 g/mol. The third-order valence-electron chi connectivity index (χ3n) is 2.29. The van der Waals surface area contributed by atoms with E-state index in [2.05, 4.69) is 4.72 Å². The summed E-state index contributed by atoms with van der Waals surface area (Å²) in [4.78, 5) is 10.5. The van der Waals surface area contributed by atoms with E-state index in [4.69, 9.17) is 9.84 Å². The summed E-state index contributed by atoms with van der Waals surface area (Å²) in [6.07, 6.45) is 1.95. The van der Waals surface area contributed by atoms with Crippen LogP contribution in [0.5, 0.6) is 0 Å². The SMILES string of the molecule is CCCCOCCNS(=O)(=O)c1ccsc1C(=O)O. The second kappa shape index (κ2) is 7.59. The molecule has 0 saturated heterocycles. The first kappa shape index (κ1) is 16.1. The Hall–Kier alpha value is -0.960. The van der Waals surface area contributed by atoms with Crippen LogP contribution >= 0.6 is 11.3 Å². The molecule has 0 saturated carbocycles. The van der Waals surface area contributed by atoms with E-state index in [9.17, 15) is 13.2 Å². The molecule has 1 aromatic heterocycles. The Morgan fingerprint density at radius 2 is 2.21 bits per heavy atom. The van der Waals surface area contributed by atoms with Crippen LogP contribution in [0.25, 0.3) is 0 Å². The van der Waals surface area contributed by atoms with Gasteiger partial charge in [0.05, 0.1) is 6.61 Å². The van der Waals surface area contributed by atoms with Gasteiger partial charge in [0.1, 0.15) is 9.77 Å². The summed E-state index contributed by atoms with van der Waals surface area (Å²) in [6.45, 7) is 3.03. The van der Waals surface area contributed by atoms with Crippen molar-refractivity contribution in [3.8, 4) is 0 Å². The number of ether oxygens (including phenoxy) is 1. The number of rotatable bonds is 9. The second-order valence-corrected chi connectivity index (χ2v) is 6.43. The van der Waals surface area contributed by atoms with Crippen LogP contribution in [0.15, 0.2) is 16.3 Å². The highest BCUT2D eigenvalue weighted by atomic mass is 32.2. The number of sulfonamides is 1. The average molecular weight is 307 g/mol. The van der Waals surface area contributed by atoms with Gasteiger partial charge in [-0.1, -0.05) is 13.3 Å². The summed E-state index contributed by atoms with van der Waals surface area (Å²) in [6, 6.07) is 1.29. The number of nitrogens with one attached hydrogen (secondary N) is 1. The van der Waals surface area contributed by atoms with Gasteiger partial charge >= 0.3 is 5.97 Å². The largest absolute Gasteiger partial charge is 0.477 e. The van der Waals surface area contributed by atoms with Crippen LogP contribution in [-0.4, -0.2) is 39.3 Å². The minimum absolute atomic E-state index is 0.126. The molecule has 0 spiro atoms. The van der Waals surface area contributed by atoms with Crippen molar-refractivity contribution in [1.82, 2.24) is 4.72 Å². The van der Waals surface area contributed by atoms with Gasteiger partial charge in [-0.3, -0.25) is 0 Å². The summed E-state index contributed by atoms with van der Waals surface area (Å²) in [7, 11) is -3.79. The van der Waals surface area contributed by atoms with Gasteiger partial charge in [-0.05, 0) is 17.9 Å². The van der Waals surface area contributed by atoms with E-state index in [0.29, 0.717) is 6.61 Å². The van der Waals surface area contributed by atoms with Crippen molar-refractivity contribution >= 4 is 27.3 Å². The summed E-state index contributed by atoms with van der Waals surface area (Å²) >= 11 is 0.885. The lowest BCUT2D eigenvalue weighted by Crippen LogP contribution is -2.28. The molecule has 0 aromatic carbocycles. The van der Waals surface area contributed by atoms with Crippen molar-refractivity contribution in [3.05, 3.63) is 16.3 Å². The lowest BCUT2D eigenvalue weighted by Gasteiger charge is -2.06. The highest BCUT2D eigenvalue weighted by Crippen LogP contribution is 2.21. The number of unbranched alkanes of at least 4 members (excludes halogenated alkanes) is 1. The van der Waals surface area contributed by atoms with E-state index in [0.717, 1.165) is 24.2 Å². The molecule has 2 N–H and O–H groups in total. The van der Waals surface area contributed by atoms with E-state index >= 15 is 0 Å². The van der Waals surface area contributed by atoms with Crippen LogP contribution in [0.4, 0.5) is 0 Å². The Morgan fingerprint density at radius 3 is 2.84 bits per heavy atom. The second-order valence-electron chi connectivity index (χ2n) is 3.78. The zero-order valence-corrected chi connectivity index (χ0v) is 12.2. The first-order valence-electron chi connectivity index (χ1n) is 5.87. The Balaban J connectivity index is 2.52. The molecule has 8 heteroatoms. The van der Waals surface area contributed by atoms with E-state index in [1.807, 2.05) is 6.92 Å². The smallest absolute Gasteiger partial charge is 0.347 e. The molecule has 0 atom stereocenters. The molecule has 1 rings (SSSR count). The molecule has 0 fully saturated rings. The number of aromatic carboxylic acids is 1. The van der Waals surface area contributed by atoms with Crippen LogP contribution in [0.1, 0.15) is 29.4 Å². The average Bonchev–Trinajstić information content (AvgIpc) is 2.83. The lowest BCUT2D eigenvalue weighted by molar-refractivity contribution is 0.0698. The van der Waals surface area contributed by atoms with Gasteiger partial charge in [-0.2, -0.15) is 0 Å². The number of hydrogen-bond donors (Lipinski definition) is 2. The van der Waals surface area contributed by atoms with Crippen LogP contribution in [0.3, 0.4) is 0 Å². The van der Waals surface area contributed by atoms with Gasteiger partial charge in [0, 0.05) is 13.2 Å². The number of carboxylic acid groups (broad SMARTS) is 1. The maximum Gasteiger partial charge on any atom is 0.347 e. The molecule has 0 aliphatic carbocycles. The van der Waals surface area contributed by atoms with Crippen molar-refractivity contribution in [2.75, 3.05) is 19.8 Å². The van der Waals surface area contributed by atoms with E-state index in [1.165, 1.54) is 11.4 Å². The topological polar surface area (TPSA) is 92.7 Å². The van der Waals surface area contributed by atoms with Crippen molar-refractivity contribution in [2.24, 2.45) is 0 Å². The maximum atomic E-state index is 11.9. The van der Waals surface area contributed by atoms with Gasteiger partial charge in [0.25, 0.3) is 0 Å². The first-order valence-corrected chi connectivity index (χ1v) is 8.23. The Bertz CT molecular complexity index is 509. The predicted octanol–water partition coefficient (Wildman–Crippen LogP) is 1.54. The number of thiophene rings is 1. The van der Waals surface area contributed by atoms with Crippen LogP contribution in [0, 0.1) is 0 Å². The Morgan fingerprint density at radius 1 is 1.47 bits per heavy atom. The van der Waals surface area contributed by atoms with Crippen LogP contribution in [-0.2, 0) is 14.8 Å². The fraction of sp³-hybridized carbons (Fsp3) is 0.545. The van der Waals surface area contributed by atoms with Crippen molar-refractivity contribution in [2.45, 2.75) is 24.7 Å². The van der Waals surface area contributed by atoms with Crippen LogP contribution in [0.2, 0.25) is 0 Å².